The van der Waals surface area contributed by atoms with Crippen LogP contribution in [0.15, 0.2) is 28.8 Å². The Morgan fingerprint density at radius 2 is 1.96 bits per heavy atom. The van der Waals surface area contributed by atoms with E-state index in [1.807, 2.05) is 38.1 Å². The number of para-hydroxylation sites is 2. The van der Waals surface area contributed by atoms with Gasteiger partial charge < -0.3 is 15.2 Å². The molecule has 3 heterocycles. The monoisotopic (exact) mass is 341 g/mol. The smallest absolute Gasteiger partial charge is 0.250 e. The van der Waals surface area contributed by atoms with E-state index in [-0.39, 0.29) is 11.8 Å². The number of carbonyl (C=O) groups is 1. The fraction of sp³-hybridized carbons (Fsp3) is 0.500. The SMILES string of the molecule is CC(C)c1noc(CN2CCC3(CC2)Nc2ccccc2NC3=O)n1. The predicted molar refractivity (Wildman–Crippen MR) is 94.3 cm³/mol. The minimum atomic E-state index is -0.525. The Morgan fingerprint density at radius 3 is 2.64 bits per heavy atom. The zero-order valence-electron chi connectivity index (χ0n) is 14.6. The van der Waals surface area contributed by atoms with Crippen molar-refractivity contribution in [3.05, 3.63) is 36.0 Å². The van der Waals surface area contributed by atoms with Crippen molar-refractivity contribution in [3.63, 3.8) is 0 Å². The van der Waals surface area contributed by atoms with Crippen LogP contribution in [-0.4, -0.2) is 39.6 Å². The van der Waals surface area contributed by atoms with Crippen molar-refractivity contribution >= 4 is 17.3 Å². The summed E-state index contributed by atoms with van der Waals surface area (Å²) in [6.45, 7) is 6.34. The van der Waals surface area contributed by atoms with Gasteiger partial charge in [-0.2, -0.15) is 4.98 Å². The van der Waals surface area contributed by atoms with E-state index < -0.39 is 5.54 Å². The third kappa shape index (κ3) is 3.00. The zero-order valence-corrected chi connectivity index (χ0v) is 14.6. The Morgan fingerprint density at radius 1 is 1.24 bits per heavy atom. The molecule has 1 fully saturated rings. The third-order valence-corrected chi connectivity index (χ3v) is 5.05. The predicted octanol–water partition coefficient (Wildman–Crippen LogP) is 2.59. The number of benzene rings is 1. The molecular weight excluding hydrogens is 318 g/mol. The molecule has 4 rings (SSSR count). The first-order chi connectivity index (χ1) is 12.1. The third-order valence-electron chi connectivity index (χ3n) is 5.05. The lowest BCUT2D eigenvalue weighted by atomic mass is 9.84. The fourth-order valence-corrected chi connectivity index (χ4v) is 3.46. The Labute approximate surface area is 146 Å². The van der Waals surface area contributed by atoms with Gasteiger partial charge in [0.05, 0.1) is 17.9 Å². The number of hydrogen-bond acceptors (Lipinski definition) is 6. The molecule has 0 atom stereocenters. The van der Waals surface area contributed by atoms with E-state index >= 15 is 0 Å². The summed E-state index contributed by atoms with van der Waals surface area (Å²) in [4.78, 5) is 19.3. The Bertz CT molecular complexity index is 777. The van der Waals surface area contributed by atoms with Crippen LogP contribution in [0.5, 0.6) is 0 Å². The molecule has 7 heteroatoms. The number of rotatable bonds is 3. The number of hydrogen-bond donors (Lipinski definition) is 2. The summed E-state index contributed by atoms with van der Waals surface area (Å²) in [7, 11) is 0. The molecule has 0 bridgehead atoms. The summed E-state index contributed by atoms with van der Waals surface area (Å²) in [5.41, 5.74) is 1.32. The molecule has 1 amide bonds. The number of carbonyl (C=O) groups excluding carboxylic acids is 1. The van der Waals surface area contributed by atoms with Crippen LogP contribution in [0.2, 0.25) is 0 Å². The number of anilines is 2. The molecule has 2 aromatic rings. The summed E-state index contributed by atoms with van der Waals surface area (Å²) < 4.78 is 5.34. The average molecular weight is 341 g/mol. The van der Waals surface area contributed by atoms with E-state index in [2.05, 4.69) is 25.7 Å². The van der Waals surface area contributed by atoms with Crippen molar-refractivity contribution in [3.8, 4) is 0 Å². The number of nitrogens with zero attached hydrogens (tertiary/aromatic N) is 3. The molecule has 1 spiro atoms. The maximum absolute atomic E-state index is 12.6. The highest BCUT2D eigenvalue weighted by Crippen LogP contribution is 2.36. The molecule has 0 radical (unpaired) electrons. The van der Waals surface area contributed by atoms with Crippen molar-refractivity contribution < 1.29 is 9.32 Å². The summed E-state index contributed by atoms with van der Waals surface area (Å²) >= 11 is 0. The van der Waals surface area contributed by atoms with Crippen LogP contribution in [0, 0.1) is 0 Å². The summed E-state index contributed by atoms with van der Waals surface area (Å²) in [6.07, 6.45) is 1.50. The van der Waals surface area contributed by atoms with Gasteiger partial charge in [-0.1, -0.05) is 31.1 Å². The van der Waals surface area contributed by atoms with Crippen molar-refractivity contribution in [1.29, 1.82) is 0 Å². The minimum absolute atomic E-state index is 0.0609. The van der Waals surface area contributed by atoms with Crippen LogP contribution in [-0.2, 0) is 11.3 Å². The quantitative estimate of drug-likeness (QED) is 0.893. The highest BCUT2D eigenvalue weighted by molar-refractivity contribution is 6.06. The van der Waals surface area contributed by atoms with E-state index in [9.17, 15) is 4.79 Å². The van der Waals surface area contributed by atoms with Gasteiger partial charge in [0.25, 0.3) is 0 Å². The van der Waals surface area contributed by atoms with Gasteiger partial charge in [0.2, 0.25) is 11.8 Å². The Hall–Kier alpha value is -2.41. The van der Waals surface area contributed by atoms with Crippen molar-refractivity contribution in [2.75, 3.05) is 23.7 Å². The van der Waals surface area contributed by atoms with E-state index in [0.717, 1.165) is 43.1 Å². The number of likely N-dealkylation sites (tertiary alicyclic amines) is 1. The van der Waals surface area contributed by atoms with E-state index in [4.69, 9.17) is 4.52 Å². The van der Waals surface area contributed by atoms with Gasteiger partial charge >= 0.3 is 0 Å². The zero-order chi connectivity index (χ0) is 17.4. The molecule has 2 aliphatic rings. The number of fused-ring (bicyclic) bond motifs is 1. The first-order valence-corrected chi connectivity index (χ1v) is 8.79. The van der Waals surface area contributed by atoms with Gasteiger partial charge in [-0.15, -0.1) is 0 Å². The summed E-state index contributed by atoms with van der Waals surface area (Å²) in [5.74, 6) is 1.71. The van der Waals surface area contributed by atoms with Crippen molar-refractivity contribution in [1.82, 2.24) is 15.0 Å². The highest BCUT2D eigenvalue weighted by Gasteiger charge is 2.44. The summed E-state index contributed by atoms with van der Waals surface area (Å²) in [6, 6.07) is 7.84. The lowest BCUT2D eigenvalue weighted by Gasteiger charge is -2.44. The van der Waals surface area contributed by atoms with Crippen LogP contribution in [0.3, 0.4) is 0 Å². The lowest BCUT2D eigenvalue weighted by molar-refractivity contribution is -0.122. The first kappa shape index (κ1) is 16.1. The van der Waals surface area contributed by atoms with Crippen molar-refractivity contribution in [2.24, 2.45) is 0 Å². The minimum Gasteiger partial charge on any atom is -0.369 e. The van der Waals surface area contributed by atoms with Crippen LogP contribution >= 0.6 is 0 Å². The summed E-state index contributed by atoms with van der Waals surface area (Å²) in [5, 5.41) is 10.5. The molecule has 25 heavy (non-hydrogen) atoms. The van der Waals surface area contributed by atoms with E-state index in [0.29, 0.717) is 12.4 Å². The molecular formula is C18H23N5O2. The molecule has 1 saturated heterocycles. The molecule has 2 aliphatic heterocycles. The van der Waals surface area contributed by atoms with Gasteiger partial charge in [0.1, 0.15) is 5.54 Å². The number of aromatic nitrogens is 2. The van der Waals surface area contributed by atoms with Crippen LogP contribution in [0.4, 0.5) is 11.4 Å². The molecule has 1 aromatic carbocycles. The van der Waals surface area contributed by atoms with Gasteiger partial charge in [-0.25, -0.2) is 0 Å². The normalized spacial score (nSPS) is 19.6. The molecule has 0 aliphatic carbocycles. The van der Waals surface area contributed by atoms with Crippen LogP contribution in [0.25, 0.3) is 0 Å². The second-order valence-electron chi connectivity index (χ2n) is 7.18. The van der Waals surface area contributed by atoms with Crippen LogP contribution < -0.4 is 10.6 Å². The standard InChI is InChI=1S/C18H23N5O2/c1-12(2)16-20-15(25-22-16)11-23-9-7-18(8-10-23)17(24)19-13-5-3-4-6-14(13)21-18/h3-6,12,21H,7-11H2,1-2H3,(H,19,24). The highest BCUT2D eigenvalue weighted by atomic mass is 16.5. The molecule has 1 aromatic heterocycles. The number of nitrogens with one attached hydrogen (secondary N) is 2. The first-order valence-electron chi connectivity index (χ1n) is 8.79. The van der Waals surface area contributed by atoms with Gasteiger partial charge in [0.15, 0.2) is 5.82 Å². The van der Waals surface area contributed by atoms with Crippen molar-refractivity contribution in [2.45, 2.75) is 44.7 Å². The second kappa shape index (κ2) is 6.15. The number of amides is 1. The lowest BCUT2D eigenvalue weighted by Crippen LogP contribution is -2.58. The Kier molecular flexibility index (Phi) is 3.95. The Balaban J connectivity index is 1.42. The van der Waals surface area contributed by atoms with E-state index in [1.54, 1.807) is 0 Å². The van der Waals surface area contributed by atoms with Crippen LogP contribution in [0.1, 0.15) is 44.3 Å². The van der Waals surface area contributed by atoms with Gasteiger partial charge in [0, 0.05) is 19.0 Å². The topological polar surface area (TPSA) is 83.3 Å². The fourth-order valence-electron chi connectivity index (χ4n) is 3.46. The number of piperidine rings is 1. The van der Waals surface area contributed by atoms with Gasteiger partial charge in [-0.05, 0) is 25.0 Å². The molecule has 2 N–H and O–H groups in total. The molecule has 0 saturated carbocycles. The second-order valence-corrected chi connectivity index (χ2v) is 7.18. The van der Waals surface area contributed by atoms with Gasteiger partial charge in [-0.3, -0.25) is 9.69 Å². The maximum Gasteiger partial charge on any atom is 0.250 e. The maximum atomic E-state index is 12.6. The molecule has 7 nitrogen and oxygen atoms in total. The molecule has 132 valence electrons. The van der Waals surface area contributed by atoms with E-state index in [1.165, 1.54) is 0 Å². The average Bonchev–Trinajstić information content (AvgIpc) is 3.07. The molecule has 0 unspecified atom stereocenters. The largest absolute Gasteiger partial charge is 0.369 e.